The second-order valence-corrected chi connectivity index (χ2v) is 4.29. The van der Waals surface area contributed by atoms with Crippen molar-refractivity contribution in [3.63, 3.8) is 0 Å². The van der Waals surface area contributed by atoms with E-state index in [0.717, 1.165) is 11.2 Å². The Morgan fingerprint density at radius 2 is 1.94 bits per heavy atom. The third-order valence-corrected chi connectivity index (χ3v) is 3.45. The number of H-pyrrole nitrogens is 1. The molecule has 0 unspecified atom stereocenters. The first kappa shape index (κ1) is 10.6. The molecule has 1 aliphatic rings. The van der Waals surface area contributed by atoms with E-state index < -0.39 is 5.79 Å². The first-order valence-electron chi connectivity index (χ1n) is 5.67. The monoisotopic (exact) mass is 229 g/mol. The lowest BCUT2D eigenvalue weighted by atomic mass is 9.97. The van der Waals surface area contributed by atoms with Crippen molar-refractivity contribution < 1.29 is 9.47 Å². The van der Waals surface area contributed by atoms with Gasteiger partial charge in [0.1, 0.15) is 0 Å². The van der Waals surface area contributed by atoms with Crippen LogP contribution in [0.2, 0.25) is 0 Å². The fourth-order valence-corrected chi connectivity index (χ4v) is 2.43. The van der Waals surface area contributed by atoms with Crippen LogP contribution in [0.1, 0.15) is 11.3 Å². The minimum Gasteiger partial charge on any atom is -0.358 e. The highest BCUT2D eigenvalue weighted by molar-refractivity contribution is 5.91. The van der Waals surface area contributed by atoms with Crippen molar-refractivity contribution >= 4 is 17.0 Å². The molecule has 0 amide bonds. The second-order valence-electron chi connectivity index (χ2n) is 4.29. The van der Waals surface area contributed by atoms with Gasteiger partial charge in [0.15, 0.2) is 5.79 Å². The van der Waals surface area contributed by atoms with Gasteiger partial charge in [0.05, 0.1) is 0 Å². The Morgan fingerprint density at radius 3 is 2.71 bits per heavy atom. The van der Waals surface area contributed by atoms with Gasteiger partial charge in [-0.3, -0.25) is 0 Å². The second kappa shape index (κ2) is 3.72. The topological polar surface area (TPSA) is 34.2 Å². The smallest absolute Gasteiger partial charge is 0.193 e. The zero-order chi connectivity index (χ0) is 11.9. The molecule has 0 atom stereocenters. The Bertz CT molecular complexity index is 579. The number of ether oxygens (including phenoxy) is 2. The molecule has 3 rings (SSSR count). The van der Waals surface area contributed by atoms with Gasteiger partial charge in [-0.15, -0.1) is 0 Å². The predicted molar refractivity (Wildman–Crippen MR) is 67.8 cm³/mol. The number of rotatable bonds is 2. The Labute approximate surface area is 100 Å². The standard InChI is InChI=1S/C14H15NO2/c1-16-14(17-2)8-7-11-10-5-3-4-6-12(10)15-13(11)9-14/h3-8,15H,9H2,1-2H3. The average Bonchev–Trinajstić information content (AvgIpc) is 2.75. The van der Waals surface area contributed by atoms with E-state index in [0.29, 0.717) is 6.42 Å². The normalized spacial score (nSPS) is 17.3. The summed E-state index contributed by atoms with van der Waals surface area (Å²) in [6.07, 6.45) is 4.76. The van der Waals surface area contributed by atoms with Crippen molar-refractivity contribution in [1.82, 2.24) is 4.98 Å². The summed E-state index contributed by atoms with van der Waals surface area (Å²) in [6.45, 7) is 0. The molecular formula is C14H15NO2. The SMILES string of the molecule is COC1(OC)C=Cc2c([nH]c3ccccc23)C1. The van der Waals surface area contributed by atoms with Crippen molar-refractivity contribution in [3.8, 4) is 0 Å². The van der Waals surface area contributed by atoms with Crippen LogP contribution >= 0.6 is 0 Å². The molecule has 3 nitrogen and oxygen atoms in total. The average molecular weight is 229 g/mol. The van der Waals surface area contributed by atoms with Crippen molar-refractivity contribution in [2.24, 2.45) is 0 Å². The fraction of sp³-hybridized carbons (Fsp3) is 0.286. The van der Waals surface area contributed by atoms with Crippen LogP contribution in [0, 0.1) is 0 Å². The predicted octanol–water partition coefficient (Wildman–Crippen LogP) is 2.73. The van der Waals surface area contributed by atoms with Gasteiger partial charge in [0, 0.05) is 42.8 Å². The van der Waals surface area contributed by atoms with Gasteiger partial charge >= 0.3 is 0 Å². The van der Waals surface area contributed by atoms with Crippen LogP contribution in [0.25, 0.3) is 17.0 Å². The maximum Gasteiger partial charge on any atom is 0.193 e. The summed E-state index contributed by atoms with van der Waals surface area (Å²) in [6, 6.07) is 8.30. The summed E-state index contributed by atoms with van der Waals surface area (Å²) in [5.41, 5.74) is 3.56. The van der Waals surface area contributed by atoms with E-state index in [-0.39, 0.29) is 0 Å². The molecule has 1 aromatic heterocycles. The number of hydrogen-bond acceptors (Lipinski definition) is 2. The summed E-state index contributed by atoms with van der Waals surface area (Å²) in [5, 5.41) is 1.25. The first-order chi connectivity index (χ1) is 8.28. The zero-order valence-electron chi connectivity index (χ0n) is 9.99. The van der Waals surface area contributed by atoms with E-state index in [1.807, 2.05) is 12.1 Å². The van der Waals surface area contributed by atoms with Gasteiger partial charge in [0.25, 0.3) is 0 Å². The fourth-order valence-electron chi connectivity index (χ4n) is 2.43. The molecule has 0 spiro atoms. The number of nitrogens with one attached hydrogen (secondary N) is 1. The lowest BCUT2D eigenvalue weighted by Crippen LogP contribution is -2.35. The van der Waals surface area contributed by atoms with Crippen molar-refractivity contribution in [2.45, 2.75) is 12.2 Å². The molecule has 0 fully saturated rings. The Hall–Kier alpha value is -1.58. The molecular weight excluding hydrogens is 214 g/mol. The van der Waals surface area contributed by atoms with E-state index in [4.69, 9.17) is 9.47 Å². The minimum atomic E-state index is -0.631. The van der Waals surface area contributed by atoms with Crippen LogP contribution in [0.5, 0.6) is 0 Å². The van der Waals surface area contributed by atoms with E-state index in [2.05, 4.69) is 29.3 Å². The summed E-state index contributed by atoms with van der Waals surface area (Å²) in [5.74, 6) is -0.631. The van der Waals surface area contributed by atoms with E-state index >= 15 is 0 Å². The Morgan fingerprint density at radius 1 is 1.18 bits per heavy atom. The number of aromatic amines is 1. The van der Waals surface area contributed by atoms with E-state index in [1.54, 1.807) is 14.2 Å². The van der Waals surface area contributed by atoms with Crippen molar-refractivity contribution in [2.75, 3.05) is 14.2 Å². The molecule has 0 radical (unpaired) electrons. The van der Waals surface area contributed by atoms with Gasteiger partial charge < -0.3 is 14.5 Å². The zero-order valence-corrected chi connectivity index (χ0v) is 9.99. The molecule has 1 aromatic carbocycles. The molecule has 1 N–H and O–H groups in total. The molecule has 0 saturated carbocycles. The van der Waals surface area contributed by atoms with Crippen molar-refractivity contribution in [1.29, 1.82) is 0 Å². The summed E-state index contributed by atoms with van der Waals surface area (Å²) >= 11 is 0. The largest absolute Gasteiger partial charge is 0.358 e. The lowest BCUT2D eigenvalue weighted by Gasteiger charge is -2.29. The number of benzene rings is 1. The van der Waals surface area contributed by atoms with E-state index in [1.165, 1.54) is 10.9 Å². The quantitative estimate of drug-likeness (QED) is 0.803. The van der Waals surface area contributed by atoms with Gasteiger partial charge in [-0.2, -0.15) is 0 Å². The van der Waals surface area contributed by atoms with Crippen LogP contribution in [-0.2, 0) is 15.9 Å². The molecule has 88 valence electrons. The third kappa shape index (κ3) is 1.51. The number of aromatic nitrogens is 1. The molecule has 17 heavy (non-hydrogen) atoms. The highest BCUT2D eigenvalue weighted by Crippen LogP contribution is 2.33. The number of para-hydroxylation sites is 1. The highest BCUT2D eigenvalue weighted by atomic mass is 16.7. The van der Waals surface area contributed by atoms with Gasteiger partial charge in [-0.25, -0.2) is 0 Å². The molecule has 0 saturated heterocycles. The minimum absolute atomic E-state index is 0.631. The molecule has 0 aliphatic heterocycles. The van der Waals surface area contributed by atoms with Crippen LogP contribution in [0.15, 0.2) is 30.3 Å². The molecule has 1 heterocycles. The molecule has 3 heteroatoms. The third-order valence-electron chi connectivity index (χ3n) is 3.45. The summed E-state index contributed by atoms with van der Waals surface area (Å²) in [7, 11) is 3.34. The highest BCUT2D eigenvalue weighted by Gasteiger charge is 2.32. The maximum absolute atomic E-state index is 5.45. The number of methoxy groups -OCH3 is 2. The van der Waals surface area contributed by atoms with Gasteiger partial charge in [-0.05, 0) is 12.1 Å². The van der Waals surface area contributed by atoms with Crippen LogP contribution in [-0.4, -0.2) is 25.0 Å². The van der Waals surface area contributed by atoms with Crippen LogP contribution < -0.4 is 0 Å². The van der Waals surface area contributed by atoms with Gasteiger partial charge in [0.2, 0.25) is 0 Å². The number of hydrogen-bond donors (Lipinski definition) is 1. The molecule has 1 aliphatic carbocycles. The van der Waals surface area contributed by atoms with E-state index in [9.17, 15) is 0 Å². The Kier molecular flexibility index (Phi) is 2.31. The molecule has 0 bridgehead atoms. The summed E-state index contributed by atoms with van der Waals surface area (Å²) in [4.78, 5) is 3.43. The summed E-state index contributed by atoms with van der Waals surface area (Å²) < 4.78 is 10.9. The Balaban J connectivity index is 2.15. The lowest BCUT2D eigenvalue weighted by molar-refractivity contribution is -0.169. The van der Waals surface area contributed by atoms with Crippen LogP contribution in [0.3, 0.4) is 0 Å². The van der Waals surface area contributed by atoms with Crippen LogP contribution in [0.4, 0.5) is 0 Å². The first-order valence-corrected chi connectivity index (χ1v) is 5.67. The number of fused-ring (bicyclic) bond motifs is 3. The van der Waals surface area contributed by atoms with Gasteiger partial charge in [-0.1, -0.05) is 24.3 Å². The van der Waals surface area contributed by atoms with Crippen molar-refractivity contribution in [3.05, 3.63) is 41.6 Å². The maximum atomic E-state index is 5.45. The molecule has 2 aromatic rings.